The molecule has 0 aliphatic heterocycles. The Morgan fingerprint density at radius 1 is 0.958 bits per heavy atom. The second-order valence-corrected chi connectivity index (χ2v) is 5.80. The number of rotatable bonds is 3. The highest BCUT2D eigenvalue weighted by atomic mass is 16.5. The molecule has 4 rings (SSSR count). The van der Waals surface area contributed by atoms with E-state index in [0.29, 0.717) is 12.2 Å². The molecular formula is C21H16O3. The molecule has 3 aromatic carbocycles. The maximum Gasteiger partial charge on any atom is 0.336 e. The van der Waals surface area contributed by atoms with Gasteiger partial charge >= 0.3 is 5.63 Å². The van der Waals surface area contributed by atoms with Crippen LogP contribution >= 0.6 is 0 Å². The van der Waals surface area contributed by atoms with Gasteiger partial charge in [0, 0.05) is 17.0 Å². The molecule has 3 heteroatoms. The fraction of sp³-hybridized carbons (Fsp3) is 0.0952. The molecule has 0 atom stereocenters. The third-order valence-corrected chi connectivity index (χ3v) is 4.19. The summed E-state index contributed by atoms with van der Waals surface area (Å²) in [6.45, 7) is 2.32. The zero-order chi connectivity index (χ0) is 16.5. The quantitative estimate of drug-likeness (QED) is 0.401. The second-order valence-electron chi connectivity index (χ2n) is 5.80. The van der Waals surface area contributed by atoms with Gasteiger partial charge in [-0.3, -0.25) is 0 Å². The van der Waals surface area contributed by atoms with Crippen LogP contribution in [0.3, 0.4) is 0 Å². The molecule has 118 valence electrons. The van der Waals surface area contributed by atoms with Gasteiger partial charge < -0.3 is 9.15 Å². The number of ether oxygens (including phenoxy) is 1. The van der Waals surface area contributed by atoms with Gasteiger partial charge in [0.25, 0.3) is 0 Å². The van der Waals surface area contributed by atoms with Crippen molar-refractivity contribution in [2.45, 2.75) is 13.5 Å². The lowest BCUT2D eigenvalue weighted by molar-refractivity contribution is 0.304. The van der Waals surface area contributed by atoms with Crippen molar-refractivity contribution in [3.8, 4) is 5.75 Å². The summed E-state index contributed by atoms with van der Waals surface area (Å²) >= 11 is 0. The third kappa shape index (κ3) is 2.54. The monoisotopic (exact) mass is 316 g/mol. The molecular weight excluding hydrogens is 300 g/mol. The molecule has 0 aliphatic carbocycles. The molecule has 0 fully saturated rings. The summed E-state index contributed by atoms with van der Waals surface area (Å²) in [5.41, 5.74) is 2.13. The Kier molecular flexibility index (Phi) is 3.54. The van der Waals surface area contributed by atoms with E-state index in [2.05, 4.69) is 0 Å². The van der Waals surface area contributed by atoms with Crippen molar-refractivity contribution in [3.05, 3.63) is 88.3 Å². The van der Waals surface area contributed by atoms with Gasteiger partial charge in [0.15, 0.2) is 0 Å². The van der Waals surface area contributed by atoms with Crippen molar-refractivity contribution in [1.82, 2.24) is 0 Å². The zero-order valence-electron chi connectivity index (χ0n) is 13.3. The van der Waals surface area contributed by atoms with Gasteiger partial charge in [-0.15, -0.1) is 0 Å². The standard InChI is InChI=1S/C21H16O3/c1-14-6-2-5-9-18(14)23-13-16-12-20(22)24-19-11-10-15-7-3-4-8-17(15)21(16)19/h2-12H,13H2,1H3. The molecule has 0 saturated carbocycles. The highest BCUT2D eigenvalue weighted by Crippen LogP contribution is 2.28. The number of hydrogen-bond acceptors (Lipinski definition) is 3. The largest absolute Gasteiger partial charge is 0.489 e. The van der Waals surface area contributed by atoms with Crippen LogP contribution in [0.4, 0.5) is 0 Å². The van der Waals surface area contributed by atoms with Crippen LogP contribution in [0.25, 0.3) is 21.7 Å². The van der Waals surface area contributed by atoms with E-state index in [4.69, 9.17) is 9.15 Å². The van der Waals surface area contributed by atoms with Crippen molar-refractivity contribution in [2.24, 2.45) is 0 Å². The third-order valence-electron chi connectivity index (χ3n) is 4.19. The zero-order valence-corrected chi connectivity index (χ0v) is 13.3. The first-order valence-corrected chi connectivity index (χ1v) is 7.85. The molecule has 3 nitrogen and oxygen atoms in total. The normalized spacial score (nSPS) is 11.0. The summed E-state index contributed by atoms with van der Waals surface area (Å²) in [4.78, 5) is 11.9. The van der Waals surface area contributed by atoms with Crippen molar-refractivity contribution < 1.29 is 9.15 Å². The lowest BCUT2D eigenvalue weighted by atomic mass is 10.0. The van der Waals surface area contributed by atoms with Crippen LogP contribution in [0.2, 0.25) is 0 Å². The van der Waals surface area contributed by atoms with Crippen molar-refractivity contribution >= 4 is 21.7 Å². The molecule has 0 spiro atoms. The van der Waals surface area contributed by atoms with Crippen LogP contribution in [-0.2, 0) is 6.61 Å². The number of para-hydroxylation sites is 1. The lowest BCUT2D eigenvalue weighted by Crippen LogP contribution is -2.04. The lowest BCUT2D eigenvalue weighted by Gasteiger charge is -2.11. The SMILES string of the molecule is Cc1ccccc1OCc1cc(=O)oc2ccc3ccccc3c12. The van der Waals surface area contributed by atoms with E-state index in [-0.39, 0.29) is 5.63 Å². The Morgan fingerprint density at radius 2 is 1.75 bits per heavy atom. The summed E-state index contributed by atoms with van der Waals surface area (Å²) in [5, 5.41) is 3.10. The smallest absolute Gasteiger partial charge is 0.336 e. The first-order chi connectivity index (χ1) is 11.7. The van der Waals surface area contributed by atoms with Gasteiger partial charge in [0.1, 0.15) is 17.9 Å². The van der Waals surface area contributed by atoms with Gasteiger partial charge in [-0.05, 0) is 35.4 Å². The molecule has 1 aromatic heterocycles. The molecule has 4 aromatic rings. The van der Waals surface area contributed by atoms with Crippen molar-refractivity contribution in [1.29, 1.82) is 0 Å². The molecule has 0 amide bonds. The van der Waals surface area contributed by atoms with E-state index < -0.39 is 0 Å². The maximum absolute atomic E-state index is 11.9. The summed E-state index contributed by atoms with van der Waals surface area (Å²) in [6, 6.07) is 21.2. The number of fused-ring (bicyclic) bond motifs is 3. The van der Waals surface area contributed by atoms with E-state index in [9.17, 15) is 4.79 Å². The first kappa shape index (κ1) is 14.5. The Bertz CT molecular complexity index is 1090. The minimum Gasteiger partial charge on any atom is -0.489 e. The maximum atomic E-state index is 11.9. The fourth-order valence-electron chi connectivity index (χ4n) is 3.01. The molecule has 0 radical (unpaired) electrons. The second kappa shape index (κ2) is 5.85. The average molecular weight is 316 g/mol. The van der Waals surface area contributed by atoms with E-state index in [0.717, 1.165) is 33.0 Å². The van der Waals surface area contributed by atoms with Crippen molar-refractivity contribution in [3.63, 3.8) is 0 Å². The molecule has 0 aliphatic rings. The van der Waals surface area contributed by atoms with E-state index in [1.54, 1.807) is 0 Å². The van der Waals surface area contributed by atoms with Gasteiger partial charge in [-0.1, -0.05) is 48.5 Å². The van der Waals surface area contributed by atoms with E-state index in [1.165, 1.54) is 6.07 Å². The first-order valence-electron chi connectivity index (χ1n) is 7.85. The van der Waals surface area contributed by atoms with Crippen LogP contribution in [-0.4, -0.2) is 0 Å². The predicted octanol–water partition coefficient (Wildman–Crippen LogP) is 4.83. The fourth-order valence-corrected chi connectivity index (χ4v) is 3.01. The van der Waals surface area contributed by atoms with E-state index >= 15 is 0 Å². The van der Waals surface area contributed by atoms with Crippen LogP contribution < -0.4 is 10.4 Å². The van der Waals surface area contributed by atoms with Crippen LogP contribution in [0.1, 0.15) is 11.1 Å². The number of benzene rings is 3. The van der Waals surface area contributed by atoms with Crippen LogP contribution in [0.5, 0.6) is 5.75 Å². The molecule has 0 bridgehead atoms. The van der Waals surface area contributed by atoms with Gasteiger partial charge in [-0.25, -0.2) is 4.79 Å². The summed E-state index contributed by atoms with van der Waals surface area (Å²) in [6.07, 6.45) is 0. The van der Waals surface area contributed by atoms with E-state index in [1.807, 2.05) is 67.6 Å². The topological polar surface area (TPSA) is 39.4 Å². The van der Waals surface area contributed by atoms with Gasteiger partial charge in [-0.2, -0.15) is 0 Å². The highest BCUT2D eigenvalue weighted by Gasteiger charge is 2.10. The Hall–Kier alpha value is -3.07. The Balaban J connectivity index is 1.86. The Labute approximate surface area is 139 Å². The van der Waals surface area contributed by atoms with Crippen LogP contribution in [0.15, 0.2) is 75.9 Å². The minimum atomic E-state index is -0.360. The number of hydrogen-bond donors (Lipinski definition) is 0. The highest BCUT2D eigenvalue weighted by molar-refractivity contribution is 6.06. The predicted molar refractivity (Wildman–Crippen MR) is 95.5 cm³/mol. The molecule has 0 unspecified atom stereocenters. The molecule has 24 heavy (non-hydrogen) atoms. The summed E-state index contributed by atoms with van der Waals surface area (Å²) in [5.74, 6) is 0.819. The molecule has 0 N–H and O–H groups in total. The van der Waals surface area contributed by atoms with Crippen molar-refractivity contribution in [2.75, 3.05) is 0 Å². The molecule has 1 heterocycles. The minimum absolute atomic E-state index is 0.320. The molecule has 0 saturated heterocycles. The Morgan fingerprint density at radius 3 is 2.62 bits per heavy atom. The average Bonchev–Trinajstić information content (AvgIpc) is 2.60. The van der Waals surface area contributed by atoms with Crippen LogP contribution in [0, 0.1) is 6.92 Å². The van der Waals surface area contributed by atoms with Gasteiger partial charge in [0.2, 0.25) is 0 Å². The number of aryl methyl sites for hydroxylation is 1. The summed E-state index contributed by atoms with van der Waals surface area (Å²) in [7, 11) is 0. The van der Waals surface area contributed by atoms with Gasteiger partial charge in [0.05, 0.1) is 0 Å². The summed E-state index contributed by atoms with van der Waals surface area (Å²) < 4.78 is 11.3.